The number of pyridine rings is 1. The molecule has 7 nitrogen and oxygen atoms in total. The Kier molecular flexibility index (Phi) is 5.20. The van der Waals surface area contributed by atoms with Gasteiger partial charge in [0.05, 0.1) is 21.0 Å². The summed E-state index contributed by atoms with van der Waals surface area (Å²) in [4.78, 5) is 28.8. The van der Waals surface area contributed by atoms with Crippen molar-refractivity contribution in [2.24, 2.45) is 0 Å². The molecule has 3 N–H and O–H groups in total. The fourth-order valence-corrected chi connectivity index (χ4v) is 5.20. The molecule has 0 bridgehead atoms. The van der Waals surface area contributed by atoms with Gasteiger partial charge in [0.2, 0.25) is 0 Å². The molecule has 3 aromatic rings. The molecule has 0 aliphatic carbocycles. The van der Waals surface area contributed by atoms with Crippen molar-refractivity contribution in [2.45, 2.75) is 38.1 Å². The summed E-state index contributed by atoms with van der Waals surface area (Å²) in [6.07, 6.45) is 7.60. The highest BCUT2D eigenvalue weighted by molar-refractivity contribution is 7.19. The van der Waals surface area contributed by atoms with Gasteiger partial charge in [0.15, 0.2) is 11.5 Å². The second-order valence-corrected chi connectivity index (χ2v) is 8.91. The summed E-state index contributed by atoms with van der Waals surface area (Å²) in [5.41, 5.74) is 1.89. The van der Waals surface area contributed by atoms with E-state index in [1.807, 2.05) is 0 Å². The summed E-state index contributed by atoms with van der Waals surface area (Å²) >= 11 is 1.75. The smallest absolute Gasteiger partial charge is 0.253 e. The van der Waals surface area contributed by atoms with Gasteiger partial charge in [-0.25, -0.2) is 9.97 Å². The van der Waals surface area contributed by atoms with Crippen molar-refractivity contribution in [3.05, 3.63) is 30.0 Å². The van der Waals surface area contributed by atoms with Crippen molar-refractivity contribution in [3.63, 3.8) is 0 Å². The van der Waals surface area contributed by atoms with Crippen LogP contribution in [0.2, 0.25) is 0 Å². The Morgan fingerprint density at radius 2 is 2.07 bits per heavy atom. The molecule has 0 spiro atoms. The Balaban J connectivity index is 1.40. The van der Waals surface area contributed by atoms with Crippen LogP contribution in [0.5, 0.6) is 0 Å². The van der Waals surface area contributed by atoms with E-state index in [1.165, 1.54) is 24.3 Å². The van der Waals surface area contributed by atoms with Gasteiger partial charge in [-0.15, -0.1) is 11.3 Å². The predicted molar refractivity (Wildman–Crippen MR) is 117 cm³/mol. The first-order valence-electron chi connectivity index (χ1n) is 10.5. The number of nitrogens with zero attached hydrogens (tertiary/aromatic N) is 3. The molecule has 152 valence electrons. The van der Waals surface area contributed by atoms with Crippen LogP contribution in [-0.2, 0) is 0 Å². The van der Waals surface area contributed by atoms with Gasteiger partial charge in [-0.3, -0.25) is 4.79 Å². The summed E-state index contributed by atoms with van der Waals surface area (Å²) < 4.78 is 0. The molecule has 1 atom stereocenters. The molecule has 2 saturated heterocycles. The van der Waals surface area contributed by atoms with E-state index in [-0.39, 0.29) is 11.9 Å². The summed E-state index contributed by atoms with van der Waals surface area (Å²) in [5.74, 6) is 0.710. The van der Waals surface area contributed by atoms with Crippen LogP contribution in [0, 0.1) is 0 Å². The Labute approximate surface area is 173 Å². The zero-order chi connectivity index (χ0) is 19.6. The lowest BCUT2D eigenvalue weighted by atomic mass is 10.1. The molecule has 3 aromatic heterocycles. The molecule has 0 aromatic carbocycles. The highest BCUT2D eigenvalue weighted by Gasteiger charge is 2.20. The number of amides is 1. The normalized spacial score (nSPS) is 20.1. The number of nitrogens with one attached hydrogen (secondary N) is 3. The van der Waals surface area contributed by atoms with Crippen molar-refractivity contribution in [1.82, 2.24) is 25.6 Å². The molecular weight excluding hydrogens is 384 g/mol. The van der Waals surface area contributed by atoms with Gasteiger partial charge in [-0.05, 0) is 56.8 Å². The standard InChI is InChI=1S/C21H26N6OS/c28-21(24-14-5-4-9-22-13-14)15-8-10-23-20-18(15)25-19(26-20)16-6-7-17(29-16)27-11-2-1-3-12-27/h6-8,10,14,22H,1-5,9,11-13H2,(H,24,28)(H,23,25,26). The Morgan fingerprint density at radius 1 is 1.17 bits per heavy atom. The van der Waals surface area contributed by atoms with Gasteiger partial charge < -0.3 is 20.5 Å². The molecule has 5 heterocycles. The topological polar surface area (TPSA) is 85.9 Å². The molecule has 0 radical (unpaired) electrons. The molecule has 5 rings (SSSR count). The second kappa shape index (κ2) is 8.12. The number of H-pyrrole nitrogens is 1. The predicted octanol–water partition coefficient (Wildman–Crippen LogP) is 3.16. The maximum Gasteiger partial charge on any atom is 0.253 e. The molecule has 1 amide bonds. The highest BCUT2D eigenvalue weighted by atomic mass is 32.1. The third kappa shape index (κ3) is 3.86. The Morgan fingerprint density at radius 3 is 2.90 bits per heavy atom. The zero-order valence-electron chi connectivity index (χ0n) is 16.4. The first kappa shape index (κ1) is 18.6. The third-order valence-electron chi connectivity index (χ3n) is 5.76. The molecular formula is C21H26N6OS. The van der Waals surface area contributed by atoms with Crippen LogP contribution in [-0.4, -0.2) is 53.1 Å². The van der Waals surface area contributed by atoms with Crippen molar-refractivity contribution < 1.29 is 4.79 Å². The minimum atomic E-state index is -0.0681. The molecule has 2 aliphatic rings. The number of hydrogen-bond acceptors (Lipinski definition) is 6. The minimum absolute atomic E-state index is 0.0681. The lowest BCUT2D eigenvalue weighted by molar-refractivity contribution is 0.0932. The fourth-order valence-electron chi connectivity index (χ4n) is 4.19. The average Bonchev–Trinajstić information content (AvgIpc) is 3.42. The van der Waals surface area contributed by atoms with E-state index in [0.717, 1.165) is 49.7 Å². The maximum absolute atomic E-state index is 12.9. The average molecular weight is 411 g/mol. The van der Waals surface area contributed by atoms with E-state index in [2.05, 4.69) is 42.6 Å². The zero-order valence-corrected chi connectivity index (χ0v) is 17.2. The van der Waals surface area contributed by atoms with Gasteiger partial charge in [-0.1, -0.05) is 0 Å². The Hall–Kier alpha value is -2.45. The molecule has 2 aliphatic heterocycles. The number of thiophene rings is 1. The number of anilines is 1. The number of aromatic nitrogens is 3. The van der Waals surface area contributed by atoms with E-state index in [4.69, 9.17) is 0 Å². The van der Waals surface area contributed by atoms with Crippen molar-refractivity contribution in [3.8, 4) is 10.7 Å². The number of imidazole rings is 1. The molecule has 29 heavy (non-hydrogen) atoms. The van der Waals surface area contributed by atoms with Gasteiger partial charge in [0, 0.05) is 31.9 Å². The number of carbonyl (C=O) groups excluding carboxylic acids is 1. The van der Waals surface area contributed by atoms with Crippen LogP contribution >= 0.6 is 11.3 Å². The van der Waals surface area contributed by atoms with Gasteiger partial charge >= 0.3 is 0 Å². The molecule has 2 fully saturated rings. The van der Waals surface area contributed by atoms with Gasteiger partial charge in [0.25, 0.3) is 5.91 Å². The van der Waals surface area contributed by atoms with Crippen LogP contribution < -0.4 is 15.5 Å². The first-order valence-corrected chi connectivity index (χ1v) is 11.3. The number of hydrogen-bond donors (Lipinski definition) is 3. The number of aromatic amines is 1. The second-order valence-electron chi connectivity index (χ2n) is 7.84. The SMILES string of the molecule is O=C(NC1CCCNC1)c1ccnc2nc(-c3ccc(N4CCCCC4)s3)[nH]c12. The lowest BCUT2D eigenvalue weighted by Gasteiger charge is -2.27. The summed E-state index contributed by atoms with van der Waals surface area (Å²) in [6.45, 7) is 4.10. The van der Waals surface area contributed by atoms with Crippen LogP contribution in [0.3, 0.4) is 0 Å². The highest BCUT2D eigenvalue weighted by Crippen LogP contribution is 2.34. The largest absolute Gasteiger partial charge is 0.363 e. The van der Waals surface area contributed by atoms with Crippen LogP contribution in [0.4, 0.5) is 5.00 Å². The van der Waals surface area contributed by atoms with Crippen molar-refractivity contribution in [2.75, 3.05) is 31.1 Å². The number of rotatable bonds is 4. The van der Waals surface area contributed by atoms with E-state index in [0.29, 0.717) is 16.7 Å². The van der Waals surface area contributed by atoms with Crippen LogP contribution in [0.1, 0.15) is 42.5 Å². The van der Waals surface area contributed by atoms with Crippen molar-refractivity contribution >= 4 is 33.4 Å². The van der Waals surface area contributed by atoms with E-state index in [9.17, 15) is 4.79 Å². The fraction of sp³-hybridized carbons (Fsp3) is 0.476. The first-order chi connectivity index (χ1) is 14.3. The molecule has 1 unspecified atom stereocenters. The summed E-state index contributed by atoms with van der Waals surface area (Å²) in [5, 5.41) is 7.76. The van der Waals surface area contributed by atoms with Crippen molar-refractivity contribution in [1.29, 1.82) is 0 Å². The van der Waals surface area contributed by atoms with Gasteiger partial charge in [-0.2, -0.15) is 0 Å². The summed E-state index contributed by atoms with van der Waals surface area (Å²) in [7, 11) is 0. The molecule has 8 heteroatoms. The Bertz CT molecular complexity index is 1000. The number of carbonyl (C=O) groups is 1. The lowest BCUT2D eigenvalue weighted by Crippen LogP contribution is -2.45. The van der Waals surface area contributed by atoms with E-state index in [1.54, 1.807) is 23.6 Å². The maximum atomic E-state index is 12.9. The van der Waals surface area contributed by atoms with Gasteiger partial charge in [0.1, 0.15) is 0 Å². The molecule has 0 saturated carbocycles. The van der Waals surface area contributed by atoms with Crippen LogP contribution in [0.25, 0.3) is 21.9 Å². The summed E-state index contributed by atoms with van der Waals surface area (Å²) in [6, 6.07) is 6.23. The van der Waals surface area contributed by atoms with E-state index >= 15 is 0 Å². The third-order valence-corrected chi connectivity index (χ3v) is 6.91. The number of fused-ring (bicyclic) bond motifs is 1. The monoisotopic (exact) mass is 410 g/mol. The quantitative estimate of drug-likeness (QED) is 0.615. The number of piperidine rings is 2. The minimum Gasteiger partial charge on any atom is -0.363 e. The van der Waals surface area contributed by atoms with Crippen LogP contribution in [0.15, 0.2) is 24.4 Å². The van der Waals surface area contributed by atoms with E-state index < -0.39 is 0 Å².